The smallest absolute Gasteiger partial charge is 0.222 e. The van der Waals surface area contributed by atoms with Crippen molar-refractivity contribution in [2.75, 3.05) is 43.1 Å². The van der Waals surface area contributed by atoms with E-state index in [2.05, 4.69) is 4.98 Å². The minimum Gasteiger partial charge on any atom is -0.345 e. The van der Waals surface area contributed by atoms with Gasteiger partial charge in [-0.1, -0.05) is 17.4 Å². The number of piperazine rings is 1. The molecule has 0 atom stereocenters. The normalized spacial score (nSPS) is 15.1. The zero-order valence-corrected chi connectivity index (χ0v) is 20.9. The SMILES string of the molecule is CS(=O)(=O)c1cccc2sc(N3CCN(C(=O)CCCS(=O)(=O)c4ccc(F)cc4)CC3)nc12. The maximum absolute atomic E-state index is 13.0. The number of hydrogen-bond acceptors (Lipinski definition) is 8. The summed E-state index contributed by atoms with van der Waals surface area (Å²) in [6.07, 6.45) is 1.46. The molecule has 2 aromatic carbocycles. The van der Waals surface area contributed by atoms with E-state index in [1.54, 1.807) is 17.0 Å². The van der Waals surface area contributed by atoms with Gasteiger partial charge in [0.05, 0.1) is 20.2 Å². The summed E-state index contributed by atoms with van der Waals surface area (Å²) in [5.74, 6) is -0.800. The Morgan fingerprint density at radius 2 is 1.71 bits per heavy atom. The number of sulfone groups is 2. The van der Waals surface area contributed by atoms with Crippen LogP contribution in [0.3, 0.4) is 0 Å². The van der Waals surface area contributed by atoms with Crippen molar-refractivity contribution >= 4 is 52.3 Å². The molecule has 0 saturated carbocycles. The summed E-state index contributed by atoms with van der Waals surface area (Å²) in [4.78, 5) is 21.1. The van der Waals surface area contributed by atoms with Crippen LogP contribution in [0.2, 0.25) is 0 Å². The van der Waals surface area contributed by atoms with Gasteiger partial charge in [0.1, 0.15) is 11.3 Å². The molecule has 1 fully saturated rings. The Kier molecular flexibility index (Phi) is 6.92. The van der Waals surface area contributed by atoms with Gasteiger partial charge in [0.15, 0.2) is 24.8 Å². The van der Waals surface area contributed by atoms with E-state index in [4.69, 9.17) is 0 Å². The number of thiazole rings is 1. The number of anilines is 1. The first kappa shape index (κ1) is 24.6. The van der Waals surface area contributed by atoms with Gasteiger partial charge in [-0.2, -0.15) is 0 Å². The summed E-state index contributed by atoms with van der Waals surface area (Å²) in [7, 11) is -6.96. The molecule has 0 aliphatic carbocycles. The molecular formula is C22H24FN3O5S3. The molecule has 0 unspecified atom stereocenters. The highest BCUT2D eigenvalue weighted by atomic mass is 32.2. The second-order valence-corrected chi connectivity index (χ2v) is 13.2. The van der Waals surface area contributed by atoms with Crippen molar-refractivity contribution in [3.63, 3.8) is 0 Å². The summed E-state index contributed by atoms with van der Waals surface area (Å²) in [6.45, 7) is 2.04. The van der Waals surface area contributed by atoms with Gasteiger partial charge < -0.3 is 9.80 Å². The van der Waals surface area contributed by atoms with E-state index in [0.717, 1.165) is 23.1 Å². The van der Waals surface area contributed by atoms with Crippen molar-refractivity contribution in [3.8, 4) is 0 Å². The highest BCUT2D eigenvalue weighted by molar-refractivity contribution is 7.91. The first-order chi connectivity index (χ1) is 16.0. The molecule has 0 N–H and O–H groups in total. The van der Waals surface area contributed by atoms with Gasteiger partial charge in [0.2, 0.25) is 5.91 Å². The van der Waals surface area contributed by atoms with Crippen molar-refractivity contribution in [2.24, 2.45) is 0 Å². The lowest BCUT2D eigenvalue weighted by atomic mass is 10.2. The zero-order valence-electron chi connectivity index (χ0n) is 18.5. The van der Waals surface area contributed by atoms with E-state index in [9.17, 15) is 26.0 Å². The molecule has 1 aromatic heterocycles. The summed E-state index contributed by atoms with van der Waals surface area (Å²) < 4.78 is 62.6. The fourth-order valence-electron chi connectivity index (χ4n) is 3.82. The number of fused-ring (bicyclic) bond motifs is 1. The molecule has 2 heterocycles. The van der Waals surface area contributed by atoms with Crippen molar-refractivity contribution in [1.82, 2.24) is 9.88 Å². The molecule has 0 spiro atoms. The number of carbonyl (C=O) groups is 1. The average molecular weight is 526 g/mol. The Balaban J connectivity index is 1.32. The molecule has 1 aliphatic rings. The van der Waals surface area contributed by atoms with Gasteiger partial charge in [-0.15, -0.1) is 0 Å². The van der Waals surface area contributed by atoms with Gasteiger partial charge in [-0.3, -0.25) is 4.79 Å². The number of para-hydroxylation sites is 1. The van der Waals surface area contributed by atoms with Gasteiger partial charge in [0, 0.05) is 38.9 Å². The van der Waals surface area contributed by atoms with Crippen molar-refractivity contribution in [1.29, 1.82) is 0 Å². The maximum atomic E-state index is 13.0. The Morgan fingerprint density at radius 3 is 2.35 bits per heavy atom. The van der Waals surface area contributed by atoms with E-state index in [1.165, 1.54) is 23.5 Å². The van der Waals surface area contributed by atoms with Crippen LogP contribution >= 0.6 is 11.3 Å². The number of amides is 1. The van der Waals surface area contributed by atoms with Gasteiger partial charge in [0.25, 0.3) is 0 Å². The van der Waals surface area contributed by atoms with Crippen LogP contribution < -0.4 is 4.90 Å². The number of aromatic nitrogens is 1. The van der Waals surface area contributed by atoms with E-state index >= 15 is 0 Å². The van der Waals surface area contributed by atoms with E-state index in [1.807, 2.05) is 11.0 Å². The number of rotatable bonds is 7. The molecular weight excluding hydrogens is 501 g/mol. The number of carbonyl (C=O) groups excluding carboxylic acids is 1. The van der Waals surface area contributed by atoms with Gasteiger partial charge in [-0.25, -0.2) is 26.2 Å². The molecule has 1 amide bonds. The molecule has 8 nitrogen and oxygen atoms in total. The van der Waals surface area contributed by atoms with Crippen LogP contribution in [0.4, 0.5) is 9.52 Å². The molecule has 0 bridgehead atoms. The molecule has 1 saturated heterocycles. The summed E-state index contributed by atoms with van der Waals surface area (Å²) in [5, 5.41) is 0.712. The van der Waals surface area contributed by atoms with E-state index in [0.29, 0.717) is 36.8 Å². The number of benzene rings is 2. The molecule has 12 heteroatoms. The first-order valence-electron chi connectivity index (χ1n) is 10.7. The maximum Gasteiger partial charge on any atom is 0.222 e. The highest BCUT2D eigenvalue weighted by Gasteiger charge is 2.25. The Labute approximate surface area is 201 Å². The molecule has 1 aliphatic heterocycles. The lowest BCUT2D eigenvalue weighted by Gasteiger charge is -2.34. The van der Waals surface area contributed by atoms with Crippen LogP contribution in [0.5, 0.6) is 0 Å². The van der Waals surface area contributed by atoms with Crippen LogP contribution in [0.25, 0.3) is 10.2 Å². The average Bonchev–Trinajstić information content (AvgIpc) is 3.23. The second kappa shape index (κ2) is 9.59. The van der Waals surface area contributed by atoms with Crippen LogP contribution in [-0.4, -0.2) is 70.8 Å². The number of hydrogen-bond donors (Lipinski definition) is 0. The summed E-state index contributed by atoms with van der Waals surface area (Å²) in [6, 6.07) is 9.75. The quantitative estimate of drug-likeness (QED) is 0.437. The monoisotopic (exact) mass is 525 g/mol. The third kappa shape index (κ3) is 5.39. The van der Waals surface area contributed by atoms with Crippen molar-refractivity contribution < 1.29 is 26.0 Å². The topological polar surface area (TPSA) is 105 Å². The predicted molar refractivity (Wildman–Crippen MR) is 129 cm³/mol. The molecule has 3 aromatic rings. The van der Waals surface area contributed by atoms with Crippen LogP contribution in [0, 0.1) is 5.82 Å². The Bertz CT molecular complexity index is 1410. The Morgan fingerprint density at radius 1 is 1.03 bits per heavy atom. The van der Waals surface area contributed by atoms with Gasteiger partial charge >= 0.3 is 0 Å². The van der Waals surface area contributed by atoms with Crippen molar-refractivity contribution in [3.05, 3.63) is 48.3 Å². The fourth-order valence-corrected chi connectivity index (χ4v) is 7.08. The van der Waals surface area contributed by atoms with Crippen LogP contribution in [0.15, 0.2) is 52.3 Å². The molecule has 182 valence electrons. The predicted octanol–water partition coefficient (Wildman–Crippen LogP) is 2.74. The third-order valence-corrected chi connectivity index (χ3v) is 9.68. The van der Waals surface area contributed by atoms with Crippen LogP contribution in [-0.2, 0) is 24.5 Å². The standard InChI is InChI=1S/C22H24FN3O5S3/c1-33(28,29)19-5-2-4-18-21(19)24-22(32-18)26-13-11-25(12-14-26)20(27)6-3-15-34(30,31)17-9-7-16(23)8-10-17/h2,4-5,7-10H,3,6,11-15H2,1H3. The minimum atomic E-state index is -3.57. The van der Waals surface area contributed by atoms with Crippen LogP contribution in [0.1, 0.15) is 12.8 Å². The first-order valence-corrected chi connectivity index (χ1v) is 15.0. The van der Waals surface area contributed by atoms with Crippen molar-refractivity contribution in [2.45, 2.75) is 22.6 Å². The van der Waals surface area contributed by atoms with E-state index in [-0.39, 0.29) is 34.3 Å². The lowest BCUT2D eigenvalue weighted by Crippen LogP contribution is -2.48. The highest BCUT2D eigenvalue weighted by Crippen LogP contribution is 2.33. The van der Waals surface area contributed by atoms with Gasteiger partial charge in [-0.05, 0) is 42.8 Å². The third-order valence-electron chi connectivity index (χ3n) is 5.65. The Hall–Kier alpha value is -2.57. The second-order valence-electron chi connectivity index (χ2n) is 8.12. The minimum absolute atomic E-state index is 0.0461. The lowest BCUT2D eigenvalue weighted by molar-refractivity contribution is -0.131. The molecule has 0 radical (unpaired) electrons. The van der Waals surface area contributed by atoms with E-state index < -0.39 is 25.5 Å². The summed E-state index contributed by atoms with van der Waals surface area (Å²) in [5.41, 5.74) is 0.464. The summed E-state index contributed by atoms with van der Waals surface area (Å²) >= 11 is 1.42. The number of halogens is 1. The largest absolute Gasteiger partial charge is 0.345 e. The molecule has 34 heavy (non-hydrogen) atoms. The zero-order chi connectivity index (χ0) is 24.5. The molecule has 4 rings (SSSR count). The fraction of sp³-hybridized carbons (Fsp3) is 0.364. The number of nitrogens with zero attached hydrogens (tertiary/aromatic N) is 3.